The molecule has 29 heavy (non-hydrogen) atoms. The predicted molar refractivity (Wildman–Crippen MR) is 114 cm³/mol. The number of fused-ring (bicyclic) bond motifs is 1. The number of anilines is 1. The lowest BCUT2D eigenvalue weighted by atomic mass is 10.3. The number of benzene rings is 2. The molecule has 0 radical (unpaired) electrons. The third-order valence-electron chi connectivity index (χ3n) is 4.44. The Labute approximate surface area is 171 Å². The molecule has 7 heteroatoms. The number of carbonyl (C=O) groups excluding carboxylic acids is 2. The van der Waals surface area contributed by atoms with Crippen molar-refractivity contribution in [2.75, 3.05) is 5.32 Å². The number of aryl methyl sites for hydroxylation is 1. The second-order valence-electron chi connectivity index (χ2n) is 6.57. The van der Waals surface area contributed by atoms with E-state index in [-0.39, 0.29) is 5.91 Å². The van der Waals surface area contributed by atoms with Gasteiger partial charge in [-0.05, 0) is 44.2 Å². The first-order chi connectivity index (χ1) is 14.0. The Balaban J connectivity index is 1.52. The number of hydrogen-bond acceptors (Lipinski definition) is 5. The summed E-state index contributed by atoms with van der Waals surface area (Å²) in [6.45, 7) is 3.46. The van der Waals surface area contributed by atoms with Gasteiger partial charge in [0.2, 0.25) is 0 Å². The fourth-order valence-corrected chi connectivity index (χ4v) is 4.00. The van der Waals surface area contributed by atoms with Crippen molar-refractivity contribution in [2.45, 2.75) is 20.0 Å². The van der Waals surface area contributed by atoms with Crippen molar-refractivity contribution in [2.24, 2.45) is 0 Å². The molecule has 0 aliphatic carbocycles. The molecule has 0 aliphatic rings. The molecular formula is C22H19N3O3S. The number of aromatic nitrogens is 2. The van der Waals surface area contributed by atoms with Crippen molar-refractivity contribution >= 4 is 39.1 Å². The minimum absolute atomic E-state index is 0.377. The molecule has 0 saturated carbocycles. The summed E-state index contributed by atoms with van der Waals surface area (Å²) in [7, 11) is 0. The SMILES string of the molecule is Cc1nn(-c2ccccc2)c2sc(C(=O)O[C@@H](C)C(=O)Nc3ccccc3)cc12. The van der Waals surface area contributed by atoms with Crippen LogP contribution < -0.4 is 5.32 Å². The summed E-state index contributed by atoms with van der Waals surface area (Å²) < 4.78 is 7.20. The number of rotatable bonds is 5. The molecule has 146 valence electrons. The van der Waals surface area contributed by atoms with Gasteiger partial charge in [-0.3, -0.25) is 4.79 Å². The number of thiophene rings is 1. The summed E-state index contributed by atoms with van der Waals surface area (Å²) in [6, 6.07) is 20.6. The molecule has 2 heterocycles. The van der Waals surface area contributed by atoms with Crippen molar-refractivity contribution in [3.63, 3.8) is 0 Å². The molecule has 2 aromatic heterocycles. The molecule has 0 spiro atoms. The van der Waals surface area contributed by atoms with E-state index in [9.17, 15) is 9.59 Å². The van der Waals surface area contributed by atoms with Crippen molar-refractivity contribution < 1.29 is 14.3 Å². The number of esters is 1. The van der Waals surface area contributed by atoms with Gasteiger partial charge in [0.25, 0.3) is 5.91 Å². The standard InChI is InChI=1S/C22H19N3O3S/c1-14-18-13-19(29-21(18)25(24-14)17-11-7-4-8-12-17)22(27)28-15(2)20(26)23-16-9-5-3-6-10-16/h3-13,15H,1-2H3,(H,23,26)/t15-/m0/s1. The van der Waals surface area contributed by atoms with Gasteiger partial charge < -0.3 is 10.1 Å². The van der Waals surface area contributed by atoms with Crippen LogP contribution in [0.25, 0.3) is 15.9 Å². The van der Waals surface area contributed by atoms with Crippen LogP contribution in [0.4, 0.5) is 5.69 Å². The first-order valence-corrected chi connectivity index (χ1v) is 9.96. The van der Waals surface area contributed by atoms with Crippen LogP contribution >= 0.6 is 11.3 Å². The molecule has 1 N–H and O–H groups in total. The fourth-order valence-electron chi connectivity index (χ4n) is 2.93. The van der Waals surface area contributed by atoms with E-state index in [1.807, 2.05) is 60.1 Å². The van der Waals surface area contributed by atoms with Crippen LogP contribution in [0.5, 0.6) is 0 Å². The molecule has 0 aliphatic heterocycles. The molecule has 6 nitrogen and oxygen atoms in total. The topological polar surface area (TPSA) is 73.2 Å². The molecular weight excluding hydrogens is 386 g/mol. The van der Waals surface area contributed by atoms with Gasteiger partial charge in [0.15, 0.2) is 6.10 Å². The van der Waals surface area contributed by atoms with Gasteiger partial charge in [-0.15, -0.1) is 11.3 Å². The van der Waals surface area contributed by atoms with Crippen molar-refractivity contribution in [3.8, 4) is 5.69 Å². The van der Waals surface area contributed by atoms with E-state index in [0.29, 0.717) is 10.6 Å². The van der Waals surface area contributed by atoms with E-state index in [4.69, 9.17) is 4.74 Å². The normalized spacial score (nSPS) is 11.9. The van der Waals surface area contributed by atoms with Crippen LogP contribution in [0, 0.1) is 6.92 Å². The molecule has 1 amide bonds. The van der Waals surface area contributed by atoms with Crippen LogP contribution in [-0.2, 0) is 9.53 Å². The first-order valence-electron chi connectivity index (χ1n) is 9.14. The molecule has 1 atom stereocenters. The Morgan fingerprint density at radius 3 is 2.41 bits per heavy atom. The summed E-state index contributed by atoms with van der Waals surface area (Å²) >= 11 is 1.30. The minimum atomic E-state index is -0.917. The Morgan fingerprint density at radius 1 is 1.07 bits per heavy atom. The summed E-state index contributed by atoms with van der Waals surface area (Å²) in [5.41, 5.74) is 2.40. The van der Waals surface area contributed by atoms with Crippen LogP contribution in [0.1, 0.15) is 22.3 Å². The Bertz CT molecular complexity index is 1170. The van der Waals surface area contributed by atoms with Gasteiger partial charge >= 0.3 is 5.97 Å². The number of carbonyl (C=O) groups is 2. The quantitative estimate of drug-likeness (QED) is 0.493. The van der Waals surface area contributed by atoms with E-state index >= 15 is 0 Å². The number of ether oxygens (including phenoxy) is 1. The van der Waals surface area contributed by atoms with Crippen molar-refractivity contribution in [3.05, 3.63) is 77.3 Å². The summed E-state index contributed by atoms with van der Waals surface area (Å²) in [5.74, 6) is -0.904. The first kappa shape index (κ1) is 18.9. The zero-order valence-electron chi connectivity index (χ0n) is 16.0. The van der Waals surface area contributed by atoms with Crippen LogP contribution in [-0.4, -0.2) is 27.8 Å². The summed E-state index contributed by atoms with van der Waals surface area (Å²) in [5, 5.41) is 8.20. The Kier molecular flexibility index (Phi) is 5.14. The van der Waals surface area contributed by atoms with E-state index in [1.165, 1.54) is 11.3 Å². The second kappa shape index (κ2) is 7.89. The van der Waals surface area contributed by atoms with E-state index < -0.39 is 12.1 Å². The second-order valence-corrected chi connectivity index (χ2v) is 7.60. The van der Waals surface area contributed by atoms with Gasteiger partial charge in [-0.1, -0.05) is 36.4 Å². The largest absolute Gasteiger partial charge is 0.448 e. The average molecular weight is 405 g/mol. The van der Waals surface area contributed by atoms with Gasteiger partial charge in [-0.2, -0.15) is 5.10 Å². The number of hydrogen-bond donors (Lipinski definition) is 1. The molecule has 4 aromatic rings. The maximum absolute atomic E-state index is 12.6. The average Bonchev–Trinajstić information content (AvgIpc) is 3.30. The van der Waals surface area contributed by atoms with E-state index in [2.05, 4.69) is 10.4 Å². The zero-order valence-corrected chi connectivity index (χ0v) is 16.8. The molecule has 0 saturated heterocycles. The maximum Gasteiger partial charge on any atom is 0.349 e. The predicted octanol–water partition coefficient (Wildman–Crippen LogP) is 4.58. The van der Waals surface area contributed by atoms with E-state index in [0.717, 1.165) is 21.6 Å². The van der Waals surface area contributed by atoms with Gasteiger partial charge in [0.1, 0.15) is 9.71 Å². The van der Waals surface area contributed by atoms with Gasteiger partial charge in [0, 0.05) is 11.1 Å². The highest BCUT2D eigenvalue weighted by atomic mass is 32.1. The van der Waals surface area contributed by atoms with Crippen molar-refractivity contribution in [1.29, 1.82) is 0 Å². The summed E-state index contributed by atoms with van der Waals surface area (Å²) in [4.78, 5) is 26.2. The van der Waals surface area contributed by atoms with E-state index in [1.54, 1.807) is 25.1 Å². The van der Waals surface area contributed by atoms with Gasteiger partial charge in [-0.25, -0.2) is 9.48 Å². The highest BCUT2D eigenvalue weighted by Gasteiger charge is 2.22. The number of nitrogens with zero attached hydrogens (tertiary/aromatic N) is 2. The lowest BCUT2D eigenvalue weighted by Crippen LogP contribution is -2.29. The molecule has 0 bridgehead atoms. The molecule has 2 aromatic carbocycles. The maximum atomic E-state index is 12.6. The van der Waals surface area contributed by atoms with Gasteiger partial charge in [0.05, 0.1) is 11.4 Å². The lowest BCUT2D eigenvalue weighted by molar-refractivity contribution is -0.123. The van der Waals surface area contributed by atoms with Crippen molar-refractivity contribution in [1.82, 2.24) is 9.78 Å². The Hall–Kier alpha value is -3.45. The smallest absolute Gasteiger partial charge is 0.349 e. The number of amides is 1. The molecule has 4 rings (SSSR count). The lowest BCUT2D eigenvalue weighted by Gasteiger charge is -2.12. The number of para-hydroxylation sites is 2. The fraction of sp³-hybridized carbons (Fsp3) is 0.136. The van der Waals surface area contributed by atoms with Crippen LogP contribution in [0.15, 0.2) is 66.7 Å². The number of nitrogens with one attached hydrogen (secondary N) is 1. The zero-order chi connectivity index (χ0) is 20.4. The molecule has 0 fully saturated rings. The third-order valence-corrected chi connectivity index (χ3v) is 5.53. The van der Waals surface area contributed by atoms with Crippen LogP contribution in [0.2, 0.25) is 0 Å². The monoisotopic (exact) mass is 405 g/mol. The third kappa shape index (κ3) is 3.90. The summed E-state index contributed by atoms with van der Waals surface area (Å²) in [6.07, 6.45) is -0.917. The highest BCUT2D eigenvalue weighted by Crippen LogP contribution is 2.31. The molecule has 0 unspecified atom stereocenters. The van der Waals surface area contributed by atoms with Crippen LogP contribution in [0.3, 0.4) is 0 Å². The minimum Gasteiger partial charge on any atom is -0.448 e. The Morgan fingerprint density at radius 2 is 1.72 bits per heavy atom. The highest BCUT2D eigenvalue weighted by molar-refractivity contribution is 7.20.